The maximum absolute atomic E-state index is 5.92. The Morgan fingerprint density at radius 3 is 3.00 bits per heavy atom. The van der Waals surface area contributed by atoms with Gasteiger partial charge in [-0.05, 0) is 19.1 Å². The zero-order valence-electron chi connectivity index (χ0n) is 11.4. The fourth-order valence-electron chi connectivity index (χ4n) is 2.55. The molecule has 1 saturated heterocycles. The number of nitrogens with zero attached hydrogens (tertiary/aromatic N) is 2. The van der Waals surface area contributed by atoms with E-state index in [0.717, 1.165) is 40.3 Å². The summed E-state index contributed by atoms with van der Waals surface area (Å²) in [5.74, 6) is 3.17. The van der Waals surface area contributed by atoms with Crippen LogP contribution in [0.5, 0.6) is 0 Å². The molecule has 2 N–H and O–H groups in total. The first-order valence-electron chi connectivity index (χ1n) is 6.71. The van der Waals surface area contributed by atoms with Crippen LogP contribution in [0.4, 0.5) is 5.82 Å². The second kappa shape index (κ2) is 5.58. The van der Waals surface area contributed by atoms with Crippen molar-refractivity contribution in [2.75, 3.05) is 23.0 Å². The molecule has 0 spiro atoms. The predicted octanol–water partition coefficient (Wildman–Crippen LogP) is 2.81. The van der Waals surface area contributed by atoms with Gasteiger partial charge < -0.3 is 10.6 Å². The second-order valence-corrected chi connectivity index (χ2v) is 6.62. The number of anilines is 1. The number of para-hydroxylation sites is 1. The Balaban J connectivity index is 2.16. The van der Waals surface area contributed by atoms with E-state index in [9.17, 15) is 0 Å². The fourth-order valence-corrected chi connectivity index (χ4v) is 3.71. The van der Waals surface area contributed by atoms with Crippen LogP contribution in [-0.2, 0) is 0 Å². The summed E-state index contributed by atoms with van der Waals surface area (Å²) in [5, 5.41) is 1.08. The molecule has 0 bridgehead atoms. The Hall–Kier alpha value is -1.33. The van der Waals surface area contributed by atoms with Crippen molar-refractivity contribution in [1.29, 1.82) is 0 Å². The van der Waals surface area contributed by atoms with E-state index in [1.165, 1.54) is 0 Å². The van der Waals surface area contributed by atoms with Gasteiger partial charge >= 0.3 is 0 Å². The minimum Gasteiger partial charge on any atom is -0.389 e. The Morgan fingerprint density at radius 2 is 2.25 bits per heavy atom. The quantitative estimate of drug-likeness (QED) is 0.864. The standard InChI is InChI=1S/C15H17N3S2/c1-10-9-20-7-6-18(10)15-12(14(16)19)8-11-4-2-3-5-13(11)17-15/h2-5,8,10H,6-7,9H2,1H3,(H2,16,19). The van der Waals surface area contributed by atoms with Gasteiger partial charge in [-0.2, -0.15) is 11.8 Å². The first-order chi connectivity index (χ1) is 9.66. The minimum atomic E-state index is 0.420. The third-order valence-corrected chi connectivity index (χ3v) is 5.02. The highest BCUT2D eigenvalue weighted by Gasteiger charge is 2.23. The van der Waals surface area contributed by atoms with Crippen LogP contribution < -0.4 is 10.6 Å². The van der Waals surface area contributed by atoms with Crippen LogP contribution in [0.25, 0.3) is 10.9 Å². The molecule has 0 amide bonds. The van der Waals surface area contributed by atoms with Crippen LogP contribution in [-0.4, -0.2) is 34.1 Å². The summed E-state index contributed by atoms with van der Waals surface area (Å²) >= 11 is 7.21. The molecule has 0 saturated carbocycles. The van der Waals surface area contributed by atoms with E-state index >= 15 is 0 Å². The van der Waals surface area contributed by atoms with E-state index in [2.05, 4.69) is 17.9 Å². The molecule has 1 aromatic heterocycles. The Bertz CT molecular complexity index is 657. The number of thiocarbonyl (C=S) groups is 1. The van der Waals surface area contributed by atoms with E-state index in [0.29, 0.717) is 11.0 Å². The van der Waals surface area contributed by atoms with E-state index in [1.54, 1.807) is 0 Å². The van der Waals surface area contributed by atoms with Crippen LogP contribution in [0.3, 0.4) is 0 Å². The number of fused-ring (bicyclic) bond motifs is 1. The molecule has 1 aliphatic rings. The third kappa shape index (κ3) is 2.47. The average molecular weight is 303 g/mol. The molecule has 2 heterocycles. The smallest absolute Gasteiger partial charge is 0.139 e. The molecule has 5 heteroatoms. The summed E-state index contributed by atoms with van der Waals surface area (Å²) in [5.41, 5.74) is 7.80. The lowest BCUT2D eigenvalue weighted by Crippen LogP contribution is -2.42. The molecule has 20 heavy (non-hydrogen) atoms. The third-order valence-electron chi connectivity index (χ3n) is 3.61. The summed E-state index contributed by atoms with van der Waals surface area (Å²) in [7, 11) is 0. The molecule has 1 aliphatic heterocycles. The highest BCUT2D eigenvalue weighted by molar-refractivity contribution is 7.99. The molecule has 2 aromatic rings. The van der Waals surface area contributed by atoms with Gasteiger partial charge in [-0.15, -0.1) is 0 Å². The molecule has 104 valence electrons. The number of pyridine rings is 1. The lowest BCUT2D eigenvalue weighted by molar-refractivity contribution is 0.691. The van der Waals surface area contributed by atoms with Crippen LogP contribution in [0.2, 0.25) is 0 Å². The first-order valence-corrected chi connectivity index (χ1v) is 8.27. The highest BCUT2D eigenvalue weighted by atomic mass is 32.2. The summed E-state index contributed by atoms with van der Waals surface area (Å²) in [6, 6.07) is 10.6. The van der Waals surface area contributed by atoms with Crippen LogP contribution in [0.15, 0.2) is 30.3 Å². The largest absolute Gasteiger partial charge is 0.389 e. The van der Waals surface area contributed by atoms with Gasteiger partial charge in [0.15, 0.2) is 0 Å². The van der Waals surface area contributed by atoms with Gasteiger partial charge in [0.2, 0.25) is 0 Å². The van der Waals surface area contributed by atoms with Crippen LogP contribution in [0, 0.1) is 0 Å². The number of hydrogen-bond acceptors (Lipinski definition) is 4. The monoisotopic (exact) mass is 303 g/mol. The highest BCUT2D eigenvalue weighted by Crippen LogP contribution is 2.28. The van der Waals surface area contributed by atoms with Crippen molar-refractivity contribution in [3.63, 3.8) is 0 Å². The topological polar surface area (TPSA) is 42.2 Å². The molecule has 1 aromatic carbocycles. The Kier molecular flexibility index (Phi) is 3.81. The second-order valence-electron chi connectivity index (χ2n) is 5.03. The van der Waals surface area contributed by atoms with Crippen LogP contribution >= 0.6 is 24.0 Å². The van der Waals surface area contributed by atoms with Crippen molar-refractivity contribution in [2.24, 2.45) is 5.73 Å². The predicted molar refractivity (Wildman–Crippen MR) is 91.8 cm³/mol. The molecule has 1 unspecified atom stereocenters. The molecular formula is C15H17N3S2. The van der Waals surface area contributed by atoms with Gasteiger partial charge in [-0.25, -0.2) is 4.98 Å². The summed E-state index contributed by atoms with van der Waals surface area (Å²) < 4.78 is 0. The van der Waals surface area contributed by atoms with Crippen molar-refractivity contribution in [3.8, 4) is 0 Å². The van der Waals surface area contributed by atoms with Gasteiger partial charge in [-0.3, -0.25) is 0 Å². The number of rotatable bonds is 2. The molecule has 3 rings (SSSR count). The maximum Gasteiger partial charge on any atom is 0.139 e. The normalized spacial score (nSPS) is 19.2. The van der Waals surface area contributed by atoms with Gasteiger partial charge in [0.25, 0.3) is 0 Å². The molecule has 1 fully saturated rings. The fraction of sp³-hybridized carbons (Fsp3) is 0.333. The lowest BCUT2D eigenvalue weighted by atomic mass is 10.1. The van der Waals surface area contributed by atoms with Crippen molar-refractivity contribution in [3.05, 3.63) is 35.9 Å². The molecule has 0 radical (unpaired) electrons. The summed E-state index contributed by atoms with van der Waals surface area (Å²) in [4.78, 5) is 7.57. The number of thioether (sulfide) groups is 1. The van der Waals surface area contributed by atoms with E-state index in [-0.39, 0.29) is 0 Å². The molecular weight excluding hydrogens is 286 g/mol. The van der Waals surface area contributed by atoms with Crippen molar-refractivity contribution in [2.45, 2.75) is 13.0 Å². The van der Waals surface area contributed by atoms with Crippen molar-refractivity contribution >= 4 is 45.7 Å². The van der Waals surface area contributed by atoms with Gasteiger partial charge in [0.05, 0.1) is 11.1 Å². The van der Waals surface area contributed by atoms with E-state index in [4.69, 9.17) is 22.9 Å². The van der Waals surface area contributed by atoms with Crippen molar-refractivity contribution < 1.29 is 0 Å². The van der Waals surface area contributed by atoms with Crippen LogP contribution in [0.1, 0.15) is 12.5 Å². The molecule has 0 aliphatic carbocycles. The van der Waals surface area contributed by atoms with E-state index in [1.807, 2.05) is 36.0 Å². The Morgan fingerprint density at radius 1 is 1.45 bits per heavy atom. The van der Waals surface area contributed by atoms with Gasteiger partial charge in [0, 0.05) is 29.5 Å². The number of aromatic nitrogens is 1. The van der Waals surface area contributed by atoms with Crippen molar-refractivity contribution in [1.82, 2.24) is 4.98 Å². The minimum absolute atomic E-state index is 0.420. The zero-order chi connectivity index (χ0) is 14.1. The maximum atomic E-state index is 5.92. The average Bonchev–Trinajstić information content (AvgIpc) is 2.46. The number of nitrogens with two attached hydrogens (primary N) is 1. The lowest BCUT2D eigenvalue weighted by Gasteiger charge is -2.35. The molecule has 1 atom stereocenters. The number of hydrogen-bond donors (Lipinski definition) is 1. The molecule has 3 nitrogen and oxygen atoms in total. The Labute approximate surface area is 128 Å². The number of benzene rings is 1. The SMILES string of the molecule is CC1CSCCN1c1nc2ccccc2cc1C(N)=S. The van der Waals surface area contributed by atoms with Gasteiger partial charge in [0.1, 0.15) is 10.8 Å². The van der Waals surface area contributed by atoms with E-state index < -0.39 is 0 Å². The summed E-state index contributed by atoms with van der Waals surface area (Å²) in [6.07, 6.45) is 0. The van der Waals surface area contributed by atoms with Gasteiger partial charge in [-0.1, -0.05) is 30.4 Å². The first kappa shape index (κ1) is 13.6. The summed E-state index contributed by atoms with van der Waals surface area (Å²) in [6.45, 7) is 3.22. The zero-order valence-corrected chi connectivity index (χ0v) is 13.0.